The fraction of sp³-hybridized carbons (Fsp3) is 0.900. The first kappa shape index (κ1) is 10.9. The van der Waals surface area contributed by atoms with E-state index in [0.717, 1.165) is 17.4 Å². The summed E-state index contributed by atoms with van der Waals surface area (Å²) in [5, 5.41) is 12.2. The maximum Gasteiger partial charge on any atom is 0.105 e. The number of nitrogens with one attached hydrogen (secondary N) is 1. The molecule has 0 heterocycles. The zero-order chi connectivity index (χ0) is 9.68. The van der Waals surface area contributed by atoms with Crippen molar-refractivity contribution in [3.8, 4) is 6.07 Å². The molecule has 2 nitrogen and oxygen atoms in total. The Balaban J connectivity index is 2.05. The van der Waals surface area contributed by atoms with Crippen LogP contribution in [0.3, 0.4) is 0 Å². The zero-order valence-electron chi connectivity index (χ0n) is 8.42. The van der Waals surface area contributed by atoms with Gasteiger partial charge in [0.1, 0.15) is 6.04 Å². The molecule has 1 rings (SSSR count). The Labute approximate surface area is 85.1 Å². The number of rotatable bonds is 6. The second kappa shape index (κ2) is 5.51. The summed E-state index contributed by atoms with van der Waals surface area (Å²) in [4.78, 5) is 0. The van der Waals surface area contributed by atoms with Crippen LogP contribution in [0.5, 0.6) is 0 Å². The quantitative estimate of drug-likeness (QED) is 0.709. The Morgan fingerprint density at radius 1 is 1.46 bits per heavy atom. The van der Waals surface area contributed by atoms with Gasteiger partial charge in [0.25, 0.3) is 0 Å². The van der Waals surface area contributed by atoms with E-state index < -0.39 is 0 Å². The molecule has 0 aliphatic heterocycles. The third kappa shape index (κ3) is 5.17. The summed E-state index contributed by atoms with van der Waals surface area (Å²) in [6.07, 6.45) is 2.51. The standard InChI is InChI=1S/C10H18N2S/c1-8(2)6-13-7-10(5-11)12-9-3-4-9/h8-10,12H,3-4,6-7H2,1-2H3. The molecule has 74 valence electrons. The third-order valence-electron chi connectivity index (χ3n) is 1.91. The van der Waals surface area contributed by atoms with E-state index in [0.29, 0.717) is 6.04 Å². The molecule has 1 fully saturated rings. The van der Waals surface area contributed by atoms with E-state index >= 15 is 0 Å². The van der Waals surface area contributed by atoms with Crippen molar-refractivity contribution in [1.82, 2.24) is 5.32 Å². The Morgan fingerprint density at radius 2 is 2.15 bits per heavy atom. The molecule has 1 unspecified atom stereocenters. The van der Waals surface area contributed by atoms with Crippen LogP contribution >= 0.6 is 11.8 Å². The molecule has 0 saturated heterocycles. The third-order valence-corrected chi connectivity index (χ3v) is 3.38. The van der Waals surface area contributed by atoms with E-state index in [-0.39, 0.29) is 6.04 Å². The van der Waals surface area contributed by atoms with E-state index in [1.807, 2.05) is 11.8 Å². The lowest BCUT2D eigenvalue weighted by molar-refractivity contribution is 0.643. The highest BCUT2D eigenvalue weighted by Crippen LogP contribution is 2.20. The molecule has 13 heavy (non-hydrogen) atoms. The molecule has 0 amide bonds. The second-order valence-electron chi connectivity index (χ2n) is 4.05. The van der Waals surface area contributed by atoms with Crippen molar-refractivity contribution < 1.29 is 0 Å². The molecule has 1 saturated carbocycles. The van der Waals surface area contributed by atoms with Crippen molar-refractivity contribution in [2.75, 3.05) is 11.5 Å². The second-order valence-corrected chi connectivity index (χ2v) is 5.13. The minimum Gasteiger partial charge on any atom is -0.298 e. The van der Waals surface area contributed by atoms with Gasteiger partial charge in [0.2, 0.25) is 0 Å². The summed E-state index contributed by atoms with van der Waals surface area (Å²) < 4.78 is 0. The van der Waals surface area contributed by atoms with Gasteiger partial charge in [0, 0.05) is 11.8 Å². The van der Waals surface area contributed by atoms with Gasteiger partial charge in [-0.3, -0.25) is 5.32 Å². The number of nitrogens with zero attached hydrogens (tertiary/aromatic N) is 1. The number of hydrogen-bond donors (Lipinski definition) is 1. The minimum absolute atomic E-state index is 0.0660. The van der Waals surface area contributed by atoms with Crippen LogP contribution in [0.2, 0.25) is 0 Å². The summed E-state index contributed by atoms with van der Waals surface area (Å²) >= 11 is 1.88. The summed E-state index contributed by atoms with van der Waals surface area (Å²) in [5.41, 5.74) is 0. The predicted octanol–water partition coefficient (Wildman–Crippen LogP) is 2.02. The molecule has 0 aromatic carbocycles. The van der Waals surface area contributed by atoms with Crippen molar-refractivity contribution in [1.29, 1.82) is 5.26 Å². The summed E-state index contributed by atoms with van der Waals surface area (Å²) in [6, 6.07) is 3.02. The van der Waals surface area contributed by atoms with Crippen LogP contribution in [0, 0.1) is 17.2 Å². The van der Waals surface area contributed by atoms with Crippen LogP contribution in [0.15, 0.2) is 0 Å². The van der Waals surface area contributed by atoms with Crippen LogP contribution in [-0.4, -0.2) is 23.6 Å². The van der Waals surface area contributed by atoms with Gasteiger partial charge < -0.3 is 0 Å². The van der Waals surface area contributed by atoms with E-state index in [2.05, 4.69) is 25.2 Å². The molecule has 0 aromatic heterocycles. The van der Waals surface area contributed by atoms with E-state index in [1.54, 1.807) is 0 Å². The lowest BCUT2D eigenvalue weighted by Crippen LogP contribution is -2.31. The molecule has 0 spiro atoms. The highest BCUT2D eigenvalue weighted by Gasteiger charge is 2.24. The molecule has 0 radical (unpaired) electrons. The molecule has 3 heteroatoms. The van der Waals surface area contributed by atoms with Crippen LogP contribution in [0.25, 0.3) is 0 Å². The highest BCUT2D eigenvalue weighted by molar-refractivity contribution is 7.99. The molecule has 1 atom stereocenters. The van der Waals surface area contributed by atoms with Crippen molar-refractivity contribution in [3.05, 3.63) is 0 Å². The molecule has 1 aliphatic carbocycles. The van der Waals surface area contributed by atoms with Crippen molar-refractivity contribution >= 4 is 11.8 Å². The summed E-state index contributed by atoms with van der Waals surface area (Å²) in [7, 11) is 0. The fourth-order valence-electron chi connectivity index (χ4n) is 1.08. The SMILES string of the molecule is CC(C)CSCC(C#N)NC1CC1. The summed E-state index contributed by atoms with van der Waals surface area (Å²) in [5.74, 6) is 2.82. The van der Waals surface area contributed by atoms with Gasteiger partial charge >= 0.3 is 0 Å². The first-order valence-corrected chi connectivity index (χ1v) is 6.11. The Morgan fingerprint density at radius 3 is 2.62 bits per heavy atom. The largest absolute Gasteiger partial charge is 0.298 e. The highest BCUT2D eigenvalue weighted by atomic mass is 32.2. The maximum absolute atomic E-state index is 8.84. The number of nitriles is 1. The normalized spacial score (nSPS) is 18.6. The van der Waals surface area contributed by atoms with Crippen LogP contribution < -0.4 is 5.32 Å². The number of hydrogen-bond acceptors (Lipinski definition) is 3. The van der Waals surface area contributed by atoms with Gasteiger partial charge in [-0.2, -0.15) is 17.0 Å². The van der Waals surface area contributed by atoms with Crippen LogP contribution in [0.1, 0.15) is 26.7 Å². The van der Waals surface area contributed by atoms with Crippen LogP contribution in [-0.2, 0) is 0 Å². The van der Waals surface area contributed by atoms with E-state index in [1.165, 1.54) is 12.8 Å². The van der Waals surface area contributed by atoms with Gasteiger partial charge in [-0.05, 0) is 24.5 Å². The minimum atomic E-state index is 0.0660. The van der Waals surface area contributed by atoms with Crippen molar-refractivity contribution in [2.45, 2.75) is 38.8 Å². The summed E-state index contributed by atoms with van der Waals surface area (Å²) in [6.45, 7) is 4.42. The Hall–Kier alpha value is -0.200. The van der Waals surface area contributed by atoms with E-state index in [4.69, 9.17) is 5.26 Å². The first-order valence-electron chi connectivity index (χ1n) is 4.95. The van der Waals surface area contributed by atoms with Gasteiger partial charge in [-0.1, -0.05) is 13.8 Å². The average molecular weight is 198 g/mol. The molecular formula is C10H18N2S. The Bertz CT molecular complexity index is 182. The Kier molecular flexibility index (Phi) is 4.61. The predicted molar refractivity (Wildman–Crippen MR) is 57.7 cm³/mol. The average Bonchev–Trinajstić information content (AvgIpc) is 2.86. The maximum atomic E-state index is 8.84. The fourth-order valence-corrected chi connectivity index (χ4v) is 2.09. The van der Waals surface area contributed by atoms with Crippen LogP contribution in [0.4, 0.5) is 0 Å². The zero-order valence-corrected chi connectivity index (χ0v) is 9.23. The lowest BCUT2D eigenvalue weighted by Gasteiger charge is -2.10. The molecule has 1 N–H and O–H groups in total. The van der Waals surface area contributed by atoms with Gasteiger partial charge in [0.15, 0.2) is 0 Å². The van der Waals surface area contributed by atoms with Gasteiger partial charge in [-0.25, -0.2) is 0 Å². The number of thioether (sulfide) groups is 1. The topological polar surface area (TPSA) is 35.8 Å². The van der Waals surface area contributed by atoms with Crippen molar-refractivity contribution in [3.63, 3.8) is 0 Å². The molecular weight excluding hydrogens is 180 g/mol. The van der Waals surface area contributed by atoms with E-state index in [9.17, 15) is 0 Å². The lowest BCUT2D eigenvalue weighted by atomic mass is 10.3. The first-order chi connectivity index (χ1) is 6.22. The monoisotopic (exact) mass is 198 g/mol. The molecule has 0 bridgehead atoms. The van der Waals surface area contributed by atoms with Gasteiger partial charge in [0.05, 0.1) is 6.07 Å². The molecule has 1 aliphatic rings. The smallest absolute Gasteiger partial charge is 0.105 e. The molecule has 0 aromatic rings. The van der Waals surface area contributed by atoms with Gasteiger partial charge in [-0.15, -0.1) is 0 Å². The van der Waals surface area contributed by atoms with Crippen molar-refractivity contribution in [2.24, 2.45) is 5.92 Å².